The molecule has 1 saturated heterocycles. The van der Waals surface area contributed by atoms with Gasteiger partial charge in [0.25, 0.3) is 0 Å². The molecule has 1 N–H and O–H groups in total. The molecule has 1 atom stereocenters. The van der Waals surface area contributed by atoms with Crippen molar-refractivity contribution in [2.24, 2.45) is 5.92 Å². The largest absolute Gasteiger partial charge is 0.453 e. The molecule has 0 spiro atoms. The Morgan fingerprint density at radius 1 is 1.13 bits per heavy atom. The molecule has 1 heterocycles. The second-order valence-electron chi connectivity index (χ2n) is 7.63. The molecule has 0 saturated carbocycles. The number of nitrogens with one attached hydrogen (secondary N) is 1. The highest BCUT2D eigenvalue weighted by Gasteiger charge is 2.33. The summed E-state index contributed by atoms with van der Waals surface area (Å²) in [6.45, 7) is 5.95. The quantitative estimate of drug-likeness (QED) is 0.644. The smallest absolute Gasteiger partial charge is 0.407 e. The second-order valence-corrected chi connectivity index (χ2v) is 9.57. The number of carbonyl (C=O) groups is 3. The monoisotopic (exact) mass is 439 g/mol. The predicted octanol–water partition coefficient (Wildman–Crippen LogP) is 1.49. The van der Waals surface area contributed by atoms with E-state index in [0.717, 1.165) is 0 Å². The Balaban J connectivity index is 2.08. The number of ketones is 1. The number of rotatable bonds is 7. The zero-order chi connectivity index (χ0) is 22.5. The molecule has 0 bridgehead atoms. The maximum absolute atomic E-state index is 12.9. The summed E-state index contributed by atoms with van der Waals surface area (Å²) in [5.41, 5.74) is 0.329. The lowest BCUT2D eigenvalue weighted by Crippen LogP contribution is -2.56. The van der Waals surface area contributed by atoms with E-state index in [2.05, 4.69) is 10.1 Å². The van der Waals surface area contributed by atoms with E-state index in [1.54, 1.807) is 17.0 Å². The molecule has 1 aliphatic heterocycles. The molecule has 1 fully saturated rings. The van der Waals surface area contributed by atoms with E-state index in [1.807, 2.05) is 13.8 Å². The van der Waals surface area contributed by atoms with Gasteiger partial charge in [-0.2, -0.15) is 4.31 Å². The number of methoxy groups -OCH3 is 1. The van der Waals surface area contributed by atoms with E-state index in [1.165, 1.54) is 30.5 Å². The van der Waals surface area contributed by atoms with Gasteiger partial charge in [-0.05, 0) is 31.4 Å². The maximum Gasteiger partial charge on any atom is 0.407 e. The Morgan fingerprint density at radius 3 is 2.30 bits per heavy atom. The predicted molar refractivity (Wildman–Crippen MR) is 111 cm³/mol. The number of hydrogen-bond donors (Lipinski definition) is 1. The topological polar surface area (TPSA) is 113 Å². The third-order valence-electron chi connectivity index (χ3n) is 4.91. The zero-order valence-electron chi connectivity index (χ0n) is 17.8. The first-order chi connectivity index (χ1) is 14.1. The molecule has 1 aliphatic rings. The van der Waals surface area contributed by atoms with Crippen molar-refractivity contribution in [3.63, 3.8) is 0 Å². The van der Waals surface area contributed by atoms with Crippen molar-refractivity contribution in [1.82, 2.24) is 14.5 Å². The Labute approximate surface area is 177 Å². The van der Waals surface area contributed by atoms with Crippen molar-refractivity contribution >= 4 is 27.8 Å². The standard InChI is InChI=1S/C20H29N3O6S/c1-14(2)12-18(21-20(26)29-4)19(25)22-8-10-23(11-9-22)30(27,28)17-7-5-6-16(13-17)15(3)24/h5-7,13-14,18H,8-12H2,1-4H3,(H,21,26). The van der Waals surface area contributed by atoms with E-state index >= 15 is 0 Å². The van der Waals surface area contributed by atoms with E-state index in [9.17, 15) is 22.8 Å². The van der Waals surface area contributed by atoms with E-state index in [0.29, 0.717) is 12.0 Å². The van der Waals surface area contributed by atoms with Crippen LogP contribution >= 0.6 is 0 Å². The molecule has 30 heavy (non-hydrogen) atoms. The maximum atomic E-state index is 12.9. The molecule has 0 aromatic heterocycles. The Morgan fingerprint density at radius 2 is 1.77 bits per heavy atom. The SMILES string of the molecule is COC(=O)NC(CC(C)C)C(=O)N1CCN(S(=O)(=O)c2cccc(C(C)=O)c2)CC1. The highest BCUT2D eigenvalue weighted by molar-refractivity contribution is 7.89. The number of carbonyl (C=O) groups excluding carboxylic acids is 3. The van der Waals surface area contributed by atoms with Crippen molar-refractivity contribution in [1.29, 1.82) is 0 Å². The third kappa shape index (κ3) is 5.79. The number of Topliss-reactive ketones (excluding diaryl/α,β-unsaturated/α-hetero) is 1. The lowest BCUT2D eigenvalue weighted by Gasteiger charge is -2.36. The fourth-order valence-corrected chi connectivity index (χ4v) is 4.76. The van der Waals surface area contributed by atoms with Crippen LogP contribution in [0, 0.1) is 5.92 Å². The summed E-state index contributed by atoms with van der Waals surface area (Å²) >= 11 is 0. The fourth-order valence-electron chi connectivity index (χ4n) is 3.29. The van der Waals surface area contributed by atoms with Crippen LogP contribution in [0.1, 0.15) is 37.6 Å². The van der Waals surface area contributed by atoms with Gasteiger partial charge in [-0.25, -0.2) is 13.2 Å². The summed E-state index contributed by atoms with van der Waals surface area (Å²) in [6.07, 6.45) is -0.231. The van der Waals surface area contributed by atoms with Gasteiger partial charge in [0.2, 0.25) is 15.9 Å². The molecule has 1 unspecified atom stereocenters. The van der Waals surface area contributed by atoms with Crippen LogP contribution in [-0.2, 0) is 19.6 Å². The third-order valence-corrected chi connectivity index (χ3v) is 6.81. The molecule has 9 nitrogen and oxygen atoms in total. The van der Waals surface area contributed by atoms with Crippen molar-refractivity contribution < 1.29 is 27.5 Å². The number of alkyl carbamates (subject to hydrolysis) is 1. The average Bonchev–Trinajstić information content (AvgIpc) is 2.72. The minimum absolute atomic E-state index is 0.0556. The van der Waals surface area contributed by atoms with Crippen LogP contribution in [0.15, 0.2) is 29.2 Å². The van der Waals surface area contributed by atoms with Crippen molar-refractivity contribution in [2.45, 2.75) is 38.1 Å². The summed E-state index contributed by atoms with van der Waals surface area (Å²) in [5.74, 6) is -0.298. The summed E-state index contributed by atoms with van der Waals surface area (Å²) in [6, 6.07) is 5.21. The van der Waals surface area contributed by atoms with Crippen LogP contribution in [0.3, 0.4) is 0 Å². The van der Waals surface area contributed by atoms with Crippen LogP contribution in [0.2, 0.25) is 0 Å². The number of benzene rings is 1. The molecule has 166 valence electrons. The van der Waals surface area contributed by atoms with Gasteiger partial charge in [0.1, 0.15) is 6.04 Å². The molecule has 0 radical (unpaired) electrons. The molecule has 1 aromatic rings. The van der Waals surface area contributed by atoms with Crippen LogP contribution in [-0.4, -0.2) is 74.7 Å². The number of nitrogens with zero attached hydrogens (tertiary/aromatic N) is 2. The minimum Gasteiger partial charge on any atom is -0.453 e. The second kappa shape index (κ2) is 10.0. The first kappa shape index (κ1) is 23.8. The van der Waals surface area contributed by atoms with Crippen molar-refractivity contribution in [2.75, 3.05) is 33.3 Å². The molecule has 1 aromatic carbocycles. The molecular weight excluding hydrogens is 410 g/mol. The van der Waals surface area contributed by atoms with Gasteiger partial charge >= 0.3 is 6.09 Å². The van der Waals surface area contributed by atoms with Crippen LogP contribution < -0.4 is 5.32 Å². The van der Waals surface area contributed by atoms with Gasteiger partial charge < -0.3 is 15.0 Å². The Kier molecular flexibility index (Phi) is 7.96. The molecule has 0 aliphatic carbocycles. The first-order valence-electron chi connectivity index (χ1n) is 9.80. The number of ether oxygens (including phenoxy) is 1. The van der Waals surface area contributed by atoms with E-state index < -0.39 is 22.2 Å². The van der Waals surface area contributed by atoms with Crippen LogP contribution in [0.4, 0.5) is 4.79 Å². The Bertz CT molecular complexity index is 892. The van der Waals surface area contributed by atoms with Crippen LogP contribution in [0.5, 0.6) is 0 Å². The number of sulfonamides is 1. The lowest BCUT2D eigenvalue weighted by molar-refractivity contribution is -0.135. The lowest BCUT2D eigenvalue weighted by atomic mass is 10.0. The molecule has 10 heteroatoms. The van der Waals surface area contributed by atoms with Gasteiger partial charge in [-0.15, -0.1) is 0 Å². The van der Waals surface area contributed by atoms with E-state index in [-0.39, 0.29) is 48.7 Å². The Hall–Kier alpha value is -2.46. The van der Waals surface area contributed by atoms with Crippen molar-refractivity contribution in [3.8, 4) is 0 Å². The summed E-state index contributed by atoms with van der Waals surface area (Å²) in [5, 5.41) is 2.56. The van der Waals surface area contributed by atoms with Gasteiger partial charge in [-0.1, -0.05) is 26.0 Å². The normalized spacial score (nSPS) is 16.2. The van der Waals surface area contributed by atoms with Gasteiger partial charge in [0.05, 0.1) is 12.0 Å². The van der Waals surface area contributed by atoms with Gasteiger partial charge in [0, 0.05) is 31.7 Å². The first-order valence-corrected chi connectivity index (χ1v) is 11.2. The number of amides is 2. The van der Waals surface area contributed by atoms with Gasteiger partial charge in [-0.3, -0.25) is 9.59 Å². The number of piperazine rings is 1. The molecular formula is C20H29N3O6S. The highest BCUT2D eigenvalue weighted by Crippen LogP contribution is 2.20. The summed E-state index contributed by atoms with van der Waals surface area (Å²) in [7, 11) is -2.54. The average molecular weight is 440 g/mol. The van der Waals surface area contributed by atoms with E-state index in [4.69, 9.17) is 0 Å². The minimum atomic E-state index is -3.78. The van der Waals surface area contributed by atoms with Gasteiger partial charge in [0.15, 0.2) is 5.78 Å². The summed E-state index contributed by atoms with van der Waals surface area (Å²) < 4.78 is 31.8. The van der Waals surface area contributed by atoms with Crippen LogP contribution in [0.25, 0.3) is 0 Å². The molecule has 2 rings (SSSR count). The van der Waals surface area contributed by atoms with Crippen molar-refractivity contribution in [3.05, 3.63) is 29.8 Å². The zero-order valence-corrected chi connectivity index (χ0v) is 18.6. The fraction of sp³-hybridized carbons (Fsp3) is 0.550. The molecule has 2 amide bonds. The summed E-state index contributed by atoms with van der Waals surface area (Å²) in [4.78, 5) is 37.7. The number of hydrogen-bond acceptors (Lipinski definition) is 6. The highest BCUT2D eigenvalue weighted by atomic mass is 32.2.